The summed E-state index contributed by atoms with van der Waals surface area (Å²) in [7, 11) is 4.42. The number of piperidine rings is 1. The molecule has 0 aliphatic carbocycles. The fourth-order valence-corrected chi connectivity index (χ4v) is 2.76. The lowest BCUT2D eigenvalue weighted by molar-refractivity contribution is 0.143. The highest BCUT2D eigenvalue weighted by Gasteiger charge is 2.19. The van der Waals surface area contributed by atoms with Crippen molar-refractivity contribution in [1.29, 1.82) is 0 Å². The van der Waals surface area contributed by atoms with Gasteiger partial charge < -0.3 is 15.1 Å². The lowest BCUT2D eigenvalue weighted by Gasteiger charge is -2.35. The summed E-state index contributed by atoms with van der Waals surface area (Å²) >= 11 is 0. The molecular weight excluding hydrogens is 234 g/mol. The first-order valence-corrected chi connectivity index (χ1v) is 8.02. The van der Waals surface area contributed by atoms with Crippen LogP contribution in [0.2, 0.25) is 0 Å². The summed E-state index contributed by atoms with van der Waals surface area (Å²) in [6.45, 7) is 11.8. The Kier molecular flexibility index (Phi) is 7.33. The number of likely N-dealkylation sites (tertiary alicyclic amines) is 1. The third kappa shape index (κ3) is 7.91. The number of unbranched alkanes of at least 4 members (excludes halogenated alkanes) is 2. The molecule has 0 radical (unpaired) electrons. The molecule has 0 amide bonds. The molecule has 0 bridgehead atoms. The van der Waals surface area contributed by atoms with Gasteiger partial charge in [-0.25, -0.2) is 0 Å². The van der Waals surface area contributed by atoms with E-state index < -0.39 is 0 Å². The molecule has 19 heavy (non-hydrogen) atoms. The molecule has 1 rings (SSSR count). The molecule has 1 heterocycles. The average molecular weight is 269 g/mol. The summed E-state index contributed by atoms with van der Waals surface area (Å²) in [5, 5.41) is 3.56. The standard InChI is InChI=1S/C16H35N3/c1-16(2,3)17-11-7-6-8-12-19-13-9-15(10-14-19)18(4)5/h15,17H,6-14H2,1-5H3. The van der Waals surface area contributed by atoms with Gasteiger partial charge in [-0.3, -0.25) is 0 Å². The average Bonchev–Trinajstić information content (AvgIpc) is 2.33. The minimum Gasteiger partial charge on any atom is -0.312 e. The van der Waals surface area contributed by atoms with Gasteiger partial charge in [0.2, 0.25) is 0 Å². The van der Waals surface area contributed by atoms with Gasteiger partial charge in [0.25, 0.3) is 0 Å². The van der Waals surface area contributed by atoms with E-state index in [1.807, 2.05) is 0 Å². The molecule has 1 N–H and O–H groups in total. The van der Waals surface area contributed by atoms with E-state index in [2.05, 4.69) is 50.0 Å². The van der Waals surface area contributed by atoms with E-state index in [1.54, 1.807) is 0 Å². The highest BCUT2D eigenvalue weighted by atomic mass is 15.2. The van der Waals surface area contributed by atoms with Gasteiger partial charge in [0.15, 0.2) is 0 Å². The molecule has 0 unspecified atom stereocenters. The second-order valence-corrected chi connectivity index (χ2v) is 7.27. The number of nitrogens with one attached hydrogen (secondary N) is 1. The highest BCUT2D eigenvalue weighted by molar-refractivity contribution is 4.76. The lowest BCUT2D eigenvalue weighted by Crippen LogP contribution is -2.42. The summed E-state index contributed by atoms with van der Waals surface area (Å²) in [5.74, 6) is 0. The van der Waals surface area contributed by atoms with Crippen molar-refractivity contribution in [3.05, 3.63) is 0 Å². The summed E-state index contributed by atoms with van der Waals surface area (Å²) in [6, 6.07) is 0.812. The number of nitrogens with zero attached hydrogens (tertiary/aromatic N) is 2. The van der Waals surface area contributed by atoms with E-state index >= 15 is 0 Å². The van der Waals surface area contributed by atoms with Crippen LogP contribution in [0.25, 0.3) is 0 Å². The van der Waals surface area contributed by atoms with Crippen molar-refractivity contribution < 1.29 is 0 Å². The molecule has 3 nitrogen and oxygen atoms in total. The normalized spacial score (nSPS) is 19.3. The molecule has 0 aromatic heterocycles. The van der Waals surface area contributed by atoms with Crippen LogP contribution in [0.5, 0.6) is 0 Å². The maximum Gasteiger partial charge on any atom is 0.0113 e. The van der Waals surface area contributed by atoms with Crippen LogP contribution in [0.15, 0.2) is 0 Å². The zero-order chi connectivity index (χ0) is 14.3. The highest BCUT2D eigenvalue weighted by Crippen LogP contribution is 2.14. The van der Waals surface area contributed by atoms with Crippen molar-refractivity contribution in [2.75, 3.05) is 40.3 Å². The lowest BCUT2D eigenvalue weighted by atomic mass is 10.0. The van der Waals surface area contributed by atoms with Gasteiger partial charge >= 0.3 is 0 Å². The Morgan fingerprint density at radius 3 is 2.21 bits per heavy atom. The van der Waals surface area contributed by atoms with Crippen molar-refractivity contribution in [1.82, 2.24) is 15.1 Å². The monoisotopic (exact) mass is 269 g/mol. The van der Waals surface area contributed by atoms with E-state index in [1.165, 1.54) is 51.7 Å². The van der Waals surface area contributed by atoms with Gasteiger partial charge in [0, 0.05) is 11.6 Å². The van der Waals surface area contributed by atoms with Crippen molar-refractivity contribution in [2.24, 2.45) is 0 Å². The second-order valence-electron chi connectivity index (χ2n) is 7.27. The first-order chi connectivity index (χ1) is 8.88. The summed E-state index contributed by atoms with van der Waals surface area (Å²) in [6.07, 6.45) is 6.72. The topological polar surface area (TPSA) is 18.5 Å². The predicted molar refractivity (Wildman–Crippen MR) is 84.8 cm³/mol. The molecule has 114 valence electrons. The van der Waals surface area contributed by atoms with Gasteiger partial charge in [0.1, 0.15) is 0 Å². The Hall–Kier alpha value is -0.120. The predicted octanol–water partition coefficient (Wildman–Crippen LogP) is 2.57. The summed E-state index contributed by atoms with van der Waals surface area (Å²) < 4.78 is 0. The van der Waals surface area contributed by atoms with Gasteiger partial charge in [-0.15, -0.1) is 0 Å². The number of rotatable bonds is 7. The van der Waals surface area contributed by atoms with Crippen LogP contribution in [0.4, 0.5) is 0 Å². The second kappa shape index (κ2) is 8.23. The van der Waals surface area contributed by atoms with Gasteiger partial charge in [-0.05, 0) is 86.7 Å². The molecule has 0 spiro atoms. The van der Waals surface area contributed by atoms with E-state index in [0.717, 1.165) is 12.6 Å². The van der Waals surface area contributed by atoms with E-state index in [4.69, 9.17) is 0 Å². The Bertz CT molecular complexity index is 225. The Labute approximate surface area is 120 Å². The molecule has 1 fully saturated rings. The fraction of sp³-hybridized carbons (Fsp3) is 1.00. The van der Waals surface area contributed by atoms with Crippen molar-refractivity contribution in [3.63, 3.8) is 0 Å². The third-order valence-corrected chi connectivity index (χ3v) is 4.09. The first-order valence-electron chi connectivity index (χ1n) is 8.02. The summed E-state index contributed by atoms with van der Waals surface area (Å²) in [5.41, 5.74) is 0.272. The maximum absolute atomic E-state index is 3.56. The number of hydrogen-bond donors (Lipinski definition) is 1. The minimum atomic E-state index is 0.272. The van der Waals surface area contributed by atoms with Crippen LogP contribution in [0.3, 0.4) is 0 Å². The van der Waals surface area contributed by atoms with Crippen molar-refractivity contribution in [2.45, 2.75) is 64.5 Å². The SMILES string of the molecule is CN(C)C1CCN(CCCCCNC(C)(C)C)CC1. The van der Waals surface area contributed by atoms with Gasteiger partial charge in [0.05, 0.1) is 0 Å². The molecule has 1 aliphatic rings. The van der Waals surface area contributed by atoms with Crippen molar-refractivity contribution >= 4 is 0 Å². The summed E-state index contributed by atoms with van der Waals surface area (Å²) in [4.78, 5) is 5.03. The molecule has 0 aromatic rings. The molecule has 0 saturated carbocycles. The maximum atomic E-state index is 3.56. The minimum absolute atomic E-state index is 0.272. The van der Waals surface area contributed by atoms with Gasteiger partial charge in [-0.2, -0.15) is 0 Å². The van der Waals surface area contributed by atoms with Crippen LogP contribution in [-0.2, 0) is 0 Å². The van der Waals surface area contributed by atoms with Crippen LogP contribution in [0.1, 0.15) is 52.9 Å². The van der Waals surface area contributed by atoms with Gasteiger partial charge in [-0.1, -0.05) is 6.42 Å². The quantitative estimate of drug-likeness (QED) is 0.717. The van der Waals surface area contributed by atoms with Crippen LogP contribution >= 0.6 is 0 Å². The van der Waals surface area contributed by atoms with E-state index in [9.17, 15) is 0 Å². The first kappa shape index (κ1) is 16.9. The molecule has 0 atom stereocenters. The largest absolute Gasteiger partial charge is 0.312 e. The zero-order valence-electron chi connectivity index (χ0n) is 13.8. The third-order valence-electron chi connectivity index (χ3n) is 4.09. The van der Waals surface area contributed by atoms with Crippen molar-refractivity contribution in [3.8, 4) is 0 Å². The molecule has 1 aliphatic heterocycles. The van der Waals surface area contributed by atoms with Crippen LogP contribution in [-0.4, -0.2) is 61.7 Å². The Morgan fingerprint density at radius 1 is 1.05 bits per heavy atom. The Morgan fingerprint density at radius 2 is 1.68 bits per heavy atom. The zero-order valence-corrected chi connectivity index (χ0v) is 13.8. The molecule has 3 heteroatoms. The molecule has 1 saturated heterocycles. The van der Waals surface area contributed by atoms with E-state index in [0.29, 0.717) is 0 Å². The van der Waals surface area contributed by atoms with E-state index in [-0.39, 0.29) is 5.54 Å². The number of hydrogen-bond acceptors (Lipinski definition) is 3. The van der Waals surface area contributed by atoms with Crippen LogP contribution in [0, 0.1) is 0 Å². The van der Waals surface area contributed by atoms with Crippen LogP contribution < -0.4 is 5.32 Å². The molecule has 0 aromatic carbocycles. The molecular formula is C16H35N3. The fourth-order valence-electron chi connectivity index (χ4n) is 2.76. The smallest absolute Gasteiger partial charge is 0.0113 e. The Balaban J connectivity index is 1.97.